The van der Waals surface area contributed by atoms with Crippen LogP contribution in [0.2, 0.25) is 0 Å². The van der Waals surface area contributed by atoms with Gasteiger partial charge in [0.25, 0.3) is 0 Å². The molecule has 0 aliphatic rings. The first-order valence-corrected chi connectivity index (χ1v) is 5.81. The zero-order valence-electron chi connectivity index (χ0n) is 8.30. The van der Waals surface area contributed by atoms with Crippen LogP contribution < -0.4 is 0 Å². The van der Waals surface area contributed by atoms with Gasteiger partial charge in [0, 0.05) is 0 Å². The molecule has 0 aliphatic heterocycles. The van der Waals surface area contributed by atoms with Crippen molar-refractivity contribution in [3.8, 4) is 0 Å². The maximum absolute atomic E-state index is 10.3. The Morgan fingerprint density at radius 3 is 2.50 bits per heavy atom. The van der Waals surface area contributed by atoms with E-state index >= 15 is 0 Å². The molecule has 0 radical (unpaired) electrons. The molecule has 0 saturated carbocycles. The van der Waals surface area contributed by atoms with Crippen molar-refractivity contribution in [3.63, 3.8) is 0 Å². The molecule has 0 heterocycles. The van der Waals surface area contributed by atoms with E-state index in [1.54, 1.807) is 6.92 Å². The second-order valence-electron chi connectivity index (χ2n) is 3.40. The van der Waals surface area contributed by atoms with E-state index in [0.29, 0.717) is 6.42 Å². The highest BCUT2D eigenvalue weighted by atomic mass is 32.2. The zero-order chi connectivity index (χ0) is 11.1. The van der Waals surface area contributed by atoms with Crippen molar-refractivity contribution >= 4 is 11.1 Å². The Morgan fingerprint density at radius 1 is 1.50 bits per heavy atom. The number of hydrogen-bond acceptors (Lipinski definition) is 3. The van der Waals surface area contributed by atoms with Crippen molar-refractivity contribution in [2.75, 3.05) is 5.75 Å². The fourth-order valence-electron chi connectivity index (χ4n) is 1.14. The minimum atomic E-state index is -1.86. The van der Waals surface area contributed by atoms with E-state index in [4.69, 9.17) is 4.55 Å². The molecule has 14 heavy (non-hydrogen) atoms. The van der Waals surface area contributed by atoms with Crippen LogP contribution in [0.4, 0.5) is 0 Å². The van der Waals surface area contributed by atoms with Gasteiger partial charge in [0.2, 0.25) is 0 Å². The summed E-state index contributed by atoms with van der Waals surface area (Å²) >= 11 is -1.86. The topological polar surface area (TPSA) is 77.8 Å². The quantitative estimate of drug-likeness (QED) is 0.434. The van der Waals surface area contributed by atoms with Crippen molar-refractivity contribution < 1.29 is 19.0 Å². The normalized spacial score (nSPS) is 19.7. The lowest BCUT2D eigenvalue weighted by Crippen LogP contribution is -2.23. The van der Waals surface area contributed by atoms with E-state index in [1.165, 1.54) is 6.08 Å². The van der Waals surface area contributed by atoms with Gasteiger partial charge in [-0.3, -0.25) is 0 Å². The van der Waals surface area contributed by atoms with Gasteiger partial charge >= 0.3 is 0 Å². The molecule has 0 aromatic rings. The third-order valence-corrected chi connectivity index (χ3v) is 2.72. The van der Waals surface area contributed by atoms with Crippen molar-refractivity contribution in [2.45, 2.75) is 32.0 Å². The third-order valence-electron chi connectivity index (χ3n) is 2.13. The number of rotatable bonds is 7. The van der Waals surface area contributed by atoms with E-state index in [9.17, 15) is 14.4 Å². The highest BCUT2D eigenvalue weighted by molar-refractivity contribution is 7.79. The first-order chi connectivity index (χ1) is 6.47. The van der Waals surface area contributed by atoms with Gasteiger partial charge in [-0.2, -0.15) is 0 Å². The van der Waals surface area contributed by atoms with E-state index in [0.717, 1.165) is 0 Å². The van der Waals surface area contributed by atoms with Gasteiger partial charge in [-0.25, -0.2) is 4.21 Å². The SMILES string of the molecule is C=CC(O)CC(C)C(O)CCS(=O)O. The molecular formula is C9H18O4S. The highest BCUT2D eigenvalue weighted by Gasteiger charge is 2.17. The van der Waals surface area contributed by atoms with Crippen LogP contribution >= 0.6 is 0 Å². The summed E-state index contributed by atoms with van der Waals surface area (Å²) in [4.78, 5) is 0. The van der Waals surface area contributed by atoms with E-state index in [2.05, 4.69) is 6.58 Å². The van der Waals surface area contributed by atoms with Crippen molar-refractivity contribution in [1.29, 1.82) is 0 Å². The molecule has 0 aromatic carbocycles. The van der Waals surface area contributed by atoms with Gasteiger partial charge < -0.3 is 14.8 Å². The summed E-state index contributed by atoms with van der Waals surface area (Å²) in [5, 5.41) is 18.7. The van der Waals surface area contributed by atoms with Crippen molar-refractivity contribution in [1.82, 2.24) is 0 Å². The summed E-state index contributed by atoms with van der Waals surface area (Å²) in [6.45, 7) is 5.22. The maximum atomic E-state index is 10.3. The molecule has 0 rings (SSSR count). The van der Waals surface area contributed by atoms with Crippen LogP contribution in [0.5, 0.6) is 0 Å². The maximum Gasteiger partial charge on any atom is 0.152 e. The Labute approximate surface area is 86.9 Å². The fourth-order valence-corrected chi connectivity index (χ4v) is 1.58. The molecule has 0 spiro atoms. The molecule has 84 valence electrons. The van der Waals surface area contributed by atoms with Crippen LogP contribution in [0, 0.1) is 5.92 Å². The average Bonchev–Trinajstić information content (AvgIpc) is 2.13. The van der Waals surface area contributed by atoms with Crippen LogP contribution in [0.1, 0.15) is 19.8 Å². The smallest absolute Gasteiger partial charge is 0.152 e. The lowest BCUT2D eigenvalue weighted by molar-refractivity contribution is 0.0815. The second kappa shape index (κ2) is 7.11. The van der Waals surface area contributed by atoms with Gasteiger partial charge in [0.1, 0.15) is 0 Å². The number of hydrogen-bond donors (Lipinski definition) is 3. The summed E-state index contributed by atoms with van der Waals surface area (Å²) in [5.74, 6) is -0.0399. The lowest BCUT2D eigenvalue weighted by atomic mass is 9.96. The monoisotopic (exact) mass is 222 g/mol. The van der Waals surface area contributed by atoms with Gasteiger partial charge in [-0.1, -0.05) is 13.0 Å². The van der Waals surface area contributed by atoms with Gasteiger partial charge in [-0.15, -0.1) is 6.58 Å². The molecule has 4 atom stereocenters. The van der Waals surface area contributed by atoms with Crippen LogP contribution in [0.25, 0.3) is 0 Å². The number of aliphatic hydroxyl groups is 2. The Hall–Kier alpha value is -0.230. The first kappa shape index (κ1) is 13.8. The molecule has 0 fully saturated rings. The van der Waals surface area contributed by atoms with Gasteiger partial charge in [0.15, 0.2) is 11.1 Å². The van der Waals surface area contributed by atoms with Crippen LogP contribution in [0.15, 0.2) is 12.7 Å². The average molecular weight is 222 g/mol. The number of aliphatic hydroxyl groups excluding tert-OH is 2. The largest absolute Gasteiger partial charge is 0.393 e. The molecule has 4 nitrogen and oxygen atoms in total. The molecule has 0 amide bonds. The minimum Gasteiger partial charge on any atom is -0.393 e. The van der Waals surface area contributed by atoms with Crippen LogP contribution in [-0.4, -0.2) is 36.9 Å². The third kappa shape index (κ3) is 6.26. The van der Waals surface area contributed by atoms with Crippen LogP contribution in [0.3, 0.4) is 0 Å². The van der Waals surface area contributed by atoms with E-state index in [-0.39, 0.29) is 18.1 Å². The van der Waals surface area contributed by atoms with E-state index < -0.39 is 23.3 Å². The van der Waals surface area contributed by atoms with Crippen LogP contribution in [-0.2, 0) is 11.1 Å². The molecule has 5 heteroatoms. The first-order valence-electron chi connectivity index (χ1n) is 4.53. The highest BCUT2D eigenvalue weighted by Crippen LogP contribution is 2.14. The van der Waals surface area contributed by atoms with E-state index in [1.807, 2.05) is 0 Å². The fraction of sp³-hybridized carbons (Fsp3) is 0.778. The summed E-state index contributed by atoms with van der Waals surface area (Å²) in [6, 6.07) is 0. The molecular weight excluding hydrogens is 204 g/mol. The molecule has 0 aromatic heterocycles. The standard InChI is InChI=1S/C9H18O4S/c1-3-8(10)6-7(2)9(11)4-5-14(12)13/h3,7-11H,1,4-6H2,2H3,(H,12,13). The predicted octanol–water partition coefficient (Wildman–Crippen LogP) is 0.532. The predicted molar refractivity (Wildman–Crippen MR) is 56.2 cm³/mol. The molecule has 4 unspecified atom stereocenters. The van der Waals surface area contributed by atoms with Crippen molar-refractivity contribution in [3.05, 3.63) is 12.7 Å². The molecule has 0 saturated heterocycles. The van der Waals surface area contributed by atoms with Gasteiger partial charge in [-0.05, 0) is 18.8 Å². The Morgan fingerprint density at radius 2 is 2.07 bits per heavy atom. The molecule has 3 N–H and O–H groups in total. The lowest BCUT2D eigenvalue weighted by Gasteiger charge is -2.19. The van der Waals surface area contributed by atoms with Gasteiger partial charge in [0.05, 0.1) is 18.0 Å². The molecule has 0 bridgehead atoms. The summed E-state index contributed by atoms with van der Waals surface area (Å²) < 4.78 is 18.8. The summed E-state index contributed by atoms with van der Waals surface area (Å²) in [6.07, 6.45) is 0.824. The summed E-state index contributed by atoms with van der Waals surface area (Å²) in [5.41, 5.74) is 0. The Bertz CT molecular complexity index is 195. The Balaban J connectivity index is 3.80. The zero-order valence-corrected chi connectivity index (χ0v) is 9.11. The minimum absolute atomic E-state index is 0.0652. The van der Waals surface area contributed by atoms with Crippen molar-refractivity contribution in [2.24, 2.45) is 5.92 Å². The second-order valence-corrected chi connectivity index (χ2v) is 4.45. The Kier molecular flexibility index (Phi) is 7.00. The molecule has 0 aliphatic carbocycles. The summed E-state index contributed by atoms with van der Waals surface area (Å²) in [7, 11) is 0.